The molecule has 0 aliphatic carbocycles. The van der Waals surface area contributed by atoms with Crippen LogP contribution < -0.4 is 5.32 Å². The van der Waals surface area contributed by atoms with Crippen LogP contribution in [0.25, 0.3) is 0 Å². The normalized spacial score (nSPS) is 25.5. The van der Waals surface area contributed by atoms with Crippen LogP contribution in [-0.4, -0.2) is 65.0 Å². The van der Waals surface area contributed by atoms with E-state index in [4.69, 9.17) is 5.11 Å². The minimum Gasteiger partial charge on any atom is -0.387 e. The molecule has 1 atom stereocenters. The first-order valence-corrected chi connectivity index (χ1v) is 7.62. The summed E-state index contributed by atoms with van der Waals surface area (Å²) in [6.45, 7) is 2.34. The SMILES string of the molecule is O=C(CO)N1CCN(Cc2ccccc2)C2(CCNC2=O)C1. The summed E-state index contributed by atoms with van der Waals surface area (Å²) in [5.74, 6) is -0.322. The van der Waals surface area contributed by atoms with Crippen LogP contribution >= 0.6 is 0 Å². The molecule has 2 aliphatic rings. The van der Waals surface area contributed by atoms with Gasteiger partial charge in [-0.25, -0.2) is 0 Å². The fraction of sp³-hybridized carbons (Fsp3) is 0.500. The van der Waals surface area contributed by atoms with Crippen molar-refractivity contribution in [2.75, 3.05) is 32.8 Å². The van der Waals surface area contributed by atoms with Crippen LogP contribution in [-0.2, 0) is 16.1 Å². The molecule has 0 saturated carbocycles. The van der Waals surface area contributed by atoms with Gasteiger partial charge >= 0.3 is 0 Å². The summed E-state index contributed by atoms with van der Waals surface area (Å²) in [6, 6.07) is 10.0. The molecule has 0 bridgehead atoms. The van der Waals surface area contributed by atoms with Crippen LogP contribution in [0.1, 0.15) is 12.0 Å². The molecule has 1 aromatic carbocycles. The van der Waals surface area contributed by atoms with Crippen LogP contribution in [0.2, 0.25) is 0 Å². The number of carbonyl (C=O) groups is 2. The minimum atomic E-state index is -0.668. The van der Waals surface area contributed by atoms with E-state index in [2.05, 4.69) is 10.2 Å². The number of hydrogen-bond donors (Lipinski definition) is 2. The van der Waals surface area contributed by atoms with Crippen LogP contribution in [0.15, 0.2) is 30.3 Å². The quantitative estimate of drug-likeness (QED) is 0.796. The molecule has 0 aromatic heterocycles. The Balaban J connectivity index is 1.83. The van der Waals surface area contributed by atoms with Crippen LogP contribution in [0.4, 0.5) is 0 Å². The lowest BCUT2D eigenvalue weighted by atomic mass is 9.91. The molecular formula is C16H21N3O3. The van der Waals surface area contributed by atoms with Gasteiger partial charge in [-0.1, -0.05) is 30.3 Å². The summed E-state index contributed by atoms with van der Waals surface area (Å²) in [6.07, 6.45) is 0.688. The number of hydrogen-bond acceptors (Lipinski definition) is 4. The molecule has 2 fully saturated rings. The molecule has 2 N–H and O–H groups in total. The van der Waals surface area contributed by atoms with Gasteiger partial charge in [0, 0.05) is 32.7 Å². The van der Waals surface area contributed by atoms with Crippen molar-refractivity contribution in [1.29, 1.82) is 0 Å². The zero-order valence-corrected chi connectivity index (χ0v) is 12.5. The fourth-order valence-electron chi connectivity index (χ4n) is 3.41. The van der Waals surface area contributed by atoms with Crippen molar-refractivity contribution in [3.8, 4) is 0 Å². The van der Waals surface area contributed by atoms with E-state index >= 15 is 0 Å². The van der Waals surface area contributed by atoms with Gasteiger partial charge in [-0.05, 0) is 12.0 Å². The van der Waals surface area contributed by atoms with Gasteiger partial charge in [0.1, 0.15) is 12.1 Å². The smallest absolute Gasteiger partial charge is 0.248 e. The number of benzene rings is 1. The number of nitrogens with one attached hydrogen (secondary N) is 1. The molecule has 6 nitrogen and oxygen atoms in total. The lowest BCUT2D eigenvalue weighted by molar-refractivity contribution is -0.145. The zero-order valence-electron chi connectivity index (χ0n) is 12.5. The molecule has 1 spiro atoms. The van der Waals surface area contributed by atoms with E-state index < -0.39 is 12.1 Å². The topological polar surface area (TPSA) is 72.9 Å². The molecule has 1 unspecified atom stereocenters. The zero-order chi connectivity index (χ0) is 15.6. The third-order valence-corrected chi connectivity index (χ3v) is 4.65. The predicted molar refractivity (Wildman–Crippen MR) is 80.9 cm³/mol. The van der Waals surface area contributed by atoms with Gasteiger partial charge < -0.3 is 15.3 Å². The maximum atomic E-state index is 12.5. The summed E-state index contributed by atoms with van der Waals surface area (Å²) in [7, 11) is 0. The van der Waals surface area contributed by atoms with E-state index in [1.807, 2.05) is 30.3 Å². The summed E-state index contributed by atoms with van der Waals surface area (Å²) in [5, 5.41) is 12.0. The lowest BCUT2D eigenvalue weighted by Crippen LogP contribution is -2.66. The van der Waals surface area contributed by atoms with E-state index in [0.717, 1.165) is 5.56 Å². The Bertz CT molecular complexity index is 563. The largest absolute Gasteiger partial charge is 0.387 e. The molecule has 3 rings (SSSR count). The maximum absolute atomic E-state index is 12.5. The van der Waals surface area contributed by atoms with Crippen molar-refractivity contribution in [2.24, 2.45) is 0 Å². The van der Waals surface area contributed by atoms with Crippen LogP contribution in [0, 0.1) is 0 Å². The van der Waals surface area contributed by atoms with Gasteiger partial charge in [-0.2, -0.15) is 0 Å². The molecule has 2 heterocycles. The van der Waals surface area contributed by atoms with E-state index in [1.54, 1.807) is 4.90 Å². The first kappa shape index (κ1) is 15.0. The third-order valence-electron chi connectivity index (χ3n) is 4.65. The molecule has 6 heteroatoms. The number of carbonyl (C=O) groups excluding carboxylic acids is 2. The van der Waals surface area contributed by atoms with Crippen molar-refractivity contribution < 1.29 is 14.7 Å². The van der Waals surface area contributed by atoms with E-state index in [9.17, 15) is 9.59 Å². The Morgan fingerprint density at radius 3 is 2.68 bits per heavy atom. The van der Waals surface area contributed by atoms with Crippen LogP contribution in [0.5, 0.6) is 0 Å². The van der Waals surface area contributed by atoms with Crippen molar-refractivity contribution in [3.63, 3.8) is 0 Å². The maximum Gasteiger partial charge on any atom is 0.248 e. The molecule has 22 heavy (non-hydrogen) atoms. The third kappa shape index (κ3) is 2.60. The first-order valence-electron chi connectivity index (χ1n) is 7.62. The number of nitrogens with zero attached hydrogens (tertiary/aromatic N) is 2. The van der Waals surface area contributed by atoms with Crippen molar-refractivity contribution in [3.05, 3.63) is 35.9 Å². The molecule has 2 saturated heterocycles. The summed E-state index contributed by atoms with van der Waals surface area (Å²) in [4.78, 5) is 28.0. The first-order chi connectivity index (χ1) is 10.7. The highest BCUT2D eigenvalue weighted by atomic mass is 16.3. The van der Waals surface area contributed by atoms with E-state index in [1.165, 1.54) is 0 Å². The Morgan fingerprint density at radius 1 is 1.27 bits per heavy atom. The minimum absolute atomic E-state index is 0.0149. The highest BCUT2D eigenvalue weighted by molar-refractivity contribution is 5.90. The Morgan fingerprint density at radius 2 is 2.05 bits per heavy atom. The summed E-state index contributed by atoms with van der Waals surface area (Å²) >= 11 is 0. The molecule has 118 valence electrons. The average Bonchev–Trinajstić information content (AvgIpc) is 2.91. The van der Waals surface area contributed by atoms with E-state index in [0.29, 0.717) is 39.1 Å². The highest BCUT2D eigenvalue weighted by Crippen LogP contribution is 2.30. The Hall–Kier alpha value is -1.92. The van der Waals surface area contributed by atoms with Crippen molar-refractivity contribution in [2.45, 2.75) is 18.5 Å². The fourth-order valence-corrected chi connectivity index (χ4v) is 3.41. The molecule has 1 aromatic rings. The van der Waals surface area contributed by atoms with Gasteiger partial charge in [-0.15, -0.1) is 0 Å². The molecule has 2 aliphatic heterocycles. The van der Waals surface area contributed by atoms with Crippen LogP contribution in [0.3, 0.4) is 0 Å². The van der Waals surface area contributed by atoms with Gasteiger partial charge in [0.05, 0.1) is 0 Å². The second-order valence-corrected chi connectivity index (χ2v) is 5.92. The number of amides is 2. The second kappa shape index (κ2) is 6.06. The predicted octanol–water partition coefficient (Wildman–Crippen LogP) is -0.418. The van der Waals surface area contributed by atoms with E-state index in [-0.39, 0.29) is 11.8 Å². The van der Waals surface area contributed by atoms with Crippen molar-refractivity contribution >= 4 is 11.8 Å². The Labute approximate surface area is 129 Å². The average molecular weight is 303 g/mol. The number of piperazine rings is 1. The molecule has 2 amide bonds. The second-order valence-electron chi connectivity index (χ2n) is 5.92. The number of rotatable bonds is 3. The van der Waals surface area contributed by atoms with Gasteiger partial charge in [-0.3, -0.25) is 14.5 Å². The van der Waals surface area contributed by atoms with Crippen molar-refractivity contribution in [1.82, 2.24) is 15.1 Å². The molecule has 0 radical (unpaired) electrons. The standard InChI is InChI=1S/C16H21N3O3/c20-11-14(21)18-8-9-19(10-13-4-2-1-3-5-13)16(12-18)6-7-17-15(16)22/h1-5,20H,6-12H2,(H,17,22). The van der Waals surface area contributed by atoms with Gasteiger partial charge in [0.2, 0.25) is 11.8 Å². The van der Waals surface area contributed by atoms with Gasteiger partial charge in [0.15, 0.2) is 0 Å². The highest BCUT2D eigenvalue weighted by Gasteiger charge is 2.51. The summed E-state index contributed by atoms with van der Waals surface area (Å²) in [5.41, 5.74) is 0.488. The monoisotopic (exact) mass is 303 g/mol. The Kier molecular flexibility index (Phi) is 4.13. The van der Waals surface area contributed by atoms with Gasteiger partial charge in [0.25, 0.3) is 0 Å². The lowest BCUT2D eigenvalue weighted by Gasteiger charge is -2.47. The molecular weight excluding hydrogens is 282 g/mol. The number of aliphatic hydroxyl groups excluding tert-OH is 1. The number of aliphatic hydroxyl groups is 1. The summed E-state index contributed by atoms with van der Waals surface area (Å²) < 4.78 is 0.